The van der Waals surface area contributed by atoms with E-state index in [4.69, 9.17) is 0 Å². The van der Waals surface area contributed by atoms with Crippen LogP contribution < -0.4 is 5.09 Å². The summed E-state index contributed by atoms with van der Waals surface area (Å²) in [5.74, 6) is -1.33. The highest BCUT2D eigenvalue weighted by Crippen LogP contribution is 2.36. The molecule has 0 aliphatic carbocycles. The second kappa shape index (κ2) is 6.66. The minimum absolute atomic E-state index is 0.0176. The van der Waals surface area contributed by atoms with E-state index in [0.717, 1.165) is 11.6 Å². The van der Waals surface area contributed by atoms with Gasteiger partial charge in [0.2, 0.25) is 0 Å². The number of aryl methyl sites for hydroxylation is 1. The van der Waals surface area contributed by atoms with Gasteiger partial charge < -0.3 is 4.89 Å². The number of benzene rings is 2. The van der Waals surface area contributed by atoms with Crippen molar-refractivity contribution in [3.63, 3.8) is 0 Å². The van der Waals surface area contributed by atoms with Crippen molar-refractivity contribution < 1.29 is 18.6 Å². The van der Waals surface area contributed by atoms with E-state index >= 15 is 0 Å². The summed E-state index contributed by atoms with van der Waals surface area (Å²) in [6.45, 7) is 0. The molecule has 2 rings (SSSR count). The first kappa shape index (κ1) is 15.4. The largest absolute Gasteiger partial charge is 0.329 e. The zero-order valence-electron chi connectivity index (χ0n) is 11.2. The van der Waals surface area contributed by atoms with Crippen molar-refractivity contribution in [3.8, 4) is 0 Å². The lowest BCUT2D eigenvalue weighted by molar-refractivity contribution is 0.0977. The highest BCUT2D eigenvalue weighted by atomic mass is 31.2. The van der Waals surface area contributed by atoms with Gasteiger partial charge in [-0.1, -0.05) is 36.4 Å². The molecule has 1 atom stereocenters. The van der Waals surface area contributed by atoms with E-state index in [0.29, 0.717) is 6.42 Å². The Morgan fingerprint density at radius 3 is 2.52 bits per heavy atom. The Morgan fingerprint density at radius 1 is 1.14 bits per heavy atom. The molecule has 0 radical (unpaired) electrons. The topological polar surface area (TPSA) is 66.4 Å². The lowest BCUT2D eigenvalue weighted by Crippen LogP contribution is -2.22. The minimum Gasteiger partial charge on any atom is -0.329 e. The van der Waals surface area contributed by atoms with Gasteiger partial charge in [0.05, 0.1) is 0 Å². The van der Waals surface area contributed by atoms with Crippen LogP contribution in [0.4, 0.5) is 4.39 Å². The zero-order chi connectivity index (χ0) is 15.3. The quantitative estimate of drug-likeness (QED) is 0.835. The van der Waals surface area contributed by atoms with Crippen LogP contribution >= 0.6 is 7.52 Å². The molecule has 110 valence electrons. The number of amides is 1. The van der Waals surface area contributed by atoms with Crippen molar-refractivity contribution >= 4 is 13.4 Å². The van der Waals surface area contributed by atoms with Crippen LogP contribution in [0.5, 0.6) is 0 Å². The van der Waals surface area contributed by atoms with Crippen LogP contribution in [-0.4, -0.2) is 17.0 Å². The van der Waals surface area contributed by atoms with E-state index in [2.05, 4.69) is 5.09 Å². The average Bonchev–Trinajstić information content (AvgIpc) is 2.46. The van der Waals surface area contributed by atoms with E-state index in [1.807, 2.05) is 30.3 Å². The van der Waals surface area contributed by atoms with Gasteiger partial charge in [0.25, 0.3) is 13.4 Å². The molecule has 0 saturated carbocycles. The van der Waals surface area contributed by atoms with Crippen molar-refractivity contribution in [3.05, 3.63) is 71.5 Å². The molecule has 4 nitrogen and oxygen atoms in total. The maximum atomic E-state index is 13.0. The van der Waals surface area contributed by atoms with Crippen molar-refractivity contribution in [2.75, 3.05) is 6.16 Å². The maximum Gasteiger partial charge on any atom is 0.294 e. The van der Waals surface area contributed by atoms with Crippen LogP contribution in [0.1, 0.15) is 15.9 Å². The molecule has 1 unspecified atom stereocenters. The summed E-state index contributed by atoms with van der Waals surface area (Å²) in [5.41, 5.74) is 0.927. The monoisotopic (exact) mass is 307 g/mol. The SMILES string of the molecule is O=C(NP(=O)(O)CCc1ccccc1)c1cccc(F)c1. The predicted molar refractivity (Wildman–Crippen MR) is 78.7 cm³/mol. The van der Waals surface area contributed by atoms with E-state index in [9.17, 15) is 18.6 Å². The second-order valence-electron chi connectivity index (χ2n) is 4.61. The summed E-state index contributed by atoms with van der Waals surface area (Å²) in [5, 5.41) is 2.08. The molecule has 6 heteroatoms. The standard InChI is InChI=1S/C15H15FNO3P/c16-14-8-4-7-13(11-14)15(18)17-21(19,20)10-9-12-5-2-1-3-6-12/h1-8,11H,9-10H2,(H2,17,18,19,20). The highest BCUT2D eigenvalue weighted by molar-refractivity contribution is 7.56. The van der Waals surface area contributed by atoms with Gasteiger partial charge in [-0.15, -0.1) is 0 Å². The summed E-state index contributed by atoms with van der Waals surface area (Å²) >= 11 is 0. The first-order valence-electron chi connectivity index (χ1n) is 6.40. The summed E-state index contributed by atoms with van der Waals surface area (Å²) in [4.78, 5) is 21.6. The van der Waals surface area contributed by atoms with Gasteiger partial charge in [0.1, 0.15) is 5.82 Å². The Labute approximate surface area is 122 Å². The molecule has 0 bridgehead atoms. The average molecular weight is 307 g/mol. The lowest BCUT2D eigenvalue weighted by atomic mass is 10.2. The van der Waals surface area contributed by atoms with Crippen LogP contribution in [0, 0.1) is 5.82 Å². The summed E-state index contributed by atoms with van der Waals surface area (Å²) in [6.07, 6.45) is 0.302. The number of rotatable bonds is 5. The van der Waals surface area contributed by atoms with Gasteiger partial charge in [-0.05, 0) is 30.2 Å². The Bertz CT molecular complexity index is 676. The van der Waals surface area contributed by atoms with Gasteiger partial charge >= 0.3 is 0 Å². The number of hydrogen-bond donors (Lipinski definition) is 2. The molecular weight excluding hydrogens is 292 g/mol. The van der Waals surface area contributed by atoms with Crippen LogP contribution in [0.2, 0.25) is 0 Å². The van der Waals surface area contributed by atoms with Crippen LogP contribution in [-0.2, 0) is 11.0 Å². The number of carbonyl (C=O) groups excluding carboxylic acids is 1. The molecule has 1 amide bonds. The summed E-state index contributed by atoms with van der Waals surface area (Å²) < 4.78 is 25.0. The first-order valence-corrected chi connectivity index (χ1v) is 8.25. The molecule has 2 N–H and O–H groups in total. The molecule has 0 heterocycles. The van der Waals surface area contributed by atoms with E-state index < -0.39 is 19.2 Å². The van der Waals surface area contributed by atoms with Gasteiger partial charge in [-0.3, -0.25) is 14.4 Å². The molecule has 0 aliphatic heterocycles. The Hall–Kier alpha value is -1.97. The third-order valence-electron chi connectivity index (χ3n) is 2.91. The number of nitrogens with one attached hydrogen (secondary N) is 1. The highest BCUT2D eigenvalue weighted by Gasteiger charge is 2.22. The van der Waals surface area contributed by atoms with Crippen LogP contribution in [0.3, 0.4) is 0 Å². The Balaban J connectivity index is 1.97. The lowest BCUT2D eigenvalue weighted by Gasteiger charge is -2.13. The van der Waals surface area contributed by atoms with Crippen LogP contribution in [0.25, 0.3) is 0 Å². The van der Waals surface area contributed by atoms with Crippen molar-refractivity contribution in [2.45, 2.75) is 6.42 Å². The molecule has 0 aromatic heterocycles. The van der Waals surface area contributed by atoms with E-state index in [-0.39, 0.29) is 11.7 Å². The van der Waals surface area contributed by atoms with E-state index in [1.165, 1.54) is 18.2 Å². The molecule has 2 aromatic rings. The molecule has 0 spiro atoms. The van der Waals surface area contributed by atoms with Crippen LogP contribution in [0.15, 0.2) is 54.6 Å². The number of halogens is 1. The molecule has 0 aliphatic rings. The maximum absolute atomic E-state index is 13.0. The fourth-order valence-corrected chi connectivity index (χ4v) is 2.95. The van der Waals surface area contributed by atoms with Gasteiger partial charge in [0, 0.05) is 11.7 Å². The van der Waals surface area contributed by atoms with Crippen molar-refractivity contribution in [1.82, 2.24) is 5.09 Å². The molecule has 0 saturated heterocycles. The fraction of sp³-hybridized carbons (Fsp3) is 0.133. The predicted octanol–water partition coefficient (Wildman–Crippen LogP) is 2.98. The third-order valence-corrected chi connectivity index (χ3v) is 4.29. The summed E-state index contributed by atoms with van der Waals surface area (Å²) in [6, 6.07) is 14.2. The third kappa shape index (κ3) is 4.81. The first-order chi connectivity index (χ1) is 9.96. The molecule has 2 aromatic carbocycles. The normalized spacial score (nSPS) is 13.4. The Kier molecular flexibility index (Phi) is 4.89. The molecule has 21 heavy (non-hydrogen) atoms. The van der Waals surface area contributed by atoms with Crippen molar-refractivity contribution in [2.24, 2.45) is 0 Å². The second-order valence-corrected chi connectivity index (χ2v) is 6.69. The van der Waals surface area contributed by atoms with Gasteiger partial charge in [0.15, 0.2) is 0 Å². The summed E-state index contributed by atoms with van der Waals surface area (Å²) in [7, 11) is -3.82. The van der Waals surface area contributed by atoms with Crippen molar-refractivity contribution in [1.29, 1.82) is 0 Å². The molecule has 0 fully saturated rings. The minimum atomic E-state index is -3.82. The van der Waals surface area contributed by atoms with Gasteiger partial charge in [-0.25, -0.2) is 4.39 Å². The smallest absolute Gasteiger partial charge is 0.294 e. The van der Waals surface area contributed by atoms with E-state index in [1.54, 1.807) is 0 Å². The van der Waals surface area contributed by atoms with Gasteiger partial charge in [-0.2, -0.15) is 0 Å². The molecular formula is C15H15FNO3P. The Morgan fingerprint density at radius 2 is 1.86 bits per heavy atom. The number of carbonyl (C=O) groups is 1. The zero-order valence-corrected chi connectivity index (χ0v) is 12.1. The number of hydrogen-bond acceptors (Lipinski definition) is 2. The fourth-order valence-electron chi connectivity index (χ4n) is 1.83.